The van der Waals surface area contributed by atoms with Crippen LogP contribution in [0.5, 0.6) is 0 Å². The van der Waals surface area contributed by atoms with Crippen molar-refractivity contribution < 1.29 is 19.4 Å². The van der Waals surface area contributed by atoms with Crippen molar-refractivity contribution in [3.8, 4) is 0 Å². The lowest BCUT2D eigenvalue weighted by Gasteiger charge is -2.13. The molecular formula is C16H16N2O4. The lowest BCUT2D eigenvalue weighted by atomic mass is 10.1. The second-order valence-electron chi connectivity index (χ2n) is 4.64. The van der Waals surface area contributed by atoms with Gasteiger partial charge in [-0.15, -0.1) is 6.58 Å². The maximum Gasteiger partial charge on any atom is 0.339 e. The minimum Gasteiger partial charge on any atom is -0.478 e. The Morgan fingerprint density at radius 3 is 2.68 bits per heavy atom. The van der Waals surface area contributed by atoms with Gasteiger partial charge in [0.1, 0.15) is 12.4 Å². The Hall–Kier alpha value is -2.89. The monoisotopic (exact) mass is 300 g/mol. The van der Waals surface area contributed by atoms with Gasteiger partial charge in [-0.05, 0) is 18.6 Å². The minimum atomic E-state index is -1.17. The Kier molecular flexibility index (Phi) is 5.08. The summed E-state index contributed by atoms with van der Waals surface area (Å²) in [7, 11) is 0. The summed E-state index contributed by atoms with van der Waals surface area (Å²) in [4.78, 5) is 30.3. The highest BCUT2D eigenvalue weighted by atomic mass is 16.5. The molecule has 0 aliphatic heterocycles. The predicted octanol–water partition coefficient (Wildman–Crippen LogP) is 2.62. The number of allylic oxidation sites excluding steroid dienone is 1. The van der Waals surface area contributed by atoms with Crippen molar-refractivity contribution in [2.45, 2.75) is 12.3 Å². The third kappa shape index (κ3) is 3.60. The second-order valence-corrected chi connectivity index (χ2v) is 4.64. The van der Waals surface area contributed by atoms with E-state index in [1.165, 1.54) is 12.1 Å². The molecule has 2 rings (SSSR count). The molecule has 22 heavy (non-hydrogen) atoms. The van der Waals surface area contributed by atoms with E-state index in [2.05, 4.69) is 16.5 Å². The number of aromatic carboxylic acids is 1. The number of rotatable bonds is 7. The summed E-state index contributed by atoms with van der Waals surface area (Å²) in [5.41, 5.74) is -0.0439. The number of carbonyl (C=O) groups excluding carboxylic acids is 1. The predicted molar refractivity (Wildman–Crippen MR) is 79.8 cm³/mol. The van der Waals surface area contributed by atoms with Gasteiger partial charge in [0.2, 0.25) is 0 Å². The van der Waals surface area contributed by atoms with E-state index in [-0.39, 0.29) is 23.7 Å². The average molecular weight is 300 g/mol. The van der Waals surface area contributed by atoms with Gasteiger partial charge in [0, 0.05) is 12.4 Å². The average Bonchev–Trinajstić information content (AvgIpc) is 3.05. The Bertz CT molecular complexity index is 665. The van der Waals surface area contributed by atoms with Crippen LogP contribution in [0.25, 0.3) is 0 Å². The van der Waals surface area contributed by atoms with Gasteiger partial charge in [-0.2, -0.15) is 0 Å². The van der Waals surface area contributed by atoms with Gasteiger partial charge >= 0.3 is 11.9 Å². The fraction of sp³-hybridized carbons (Fsp3) is 0.188. The first-order valence-corrected chi connectivity index (χ1v) is 6.73. The number of nitrogens with zero attached hydrogens (tertiary/aromatic N) is 1. The third-order valence-electron chi connectivity index (χ3n) is 3.15. The van der Waals surface area contributed by atoms with Crippen LogP contribution in [0.3, 0.4) is 0 Å². The summed E-state index contributed by atoms with van der Waals surface area (Å²) in [5.74, 6) is -1.28. The molecule has 0 aliphatic rings. The van der Waals surface area contributed by atoms with Gasteiger partial charge in [0.05, 0.1) is 17.0 Å². The van der Waals surface area contributed by atoms with Crippen LogP contribution in [-0.2, 0) is 4.74 Å². The summed E-state index contributed by atoms with van der Waals surface area (Å²) >= 11 is 0. The molecule has 2 aromatic rings. The Morgan fingerprint density at radius 1 is 1.36 bits per heavy atom. The topological polar surface area (TPSA) is 92.3 Å². The van der Waals surface area contributed by atoms with Crippen LogP contribution < -0.4 is 0 Å². The number of nitrogens with one attached hydrogen (secondary N) is 1. The normalized spacial score (nSPS) is 11.6. The number of H-pyrrole nitrogens is 1. The molecule has 1 aromatic carbocycles. The third-order valence-corrected chi connectivity index (χ3v) is 3.15. The molecule has 1 aromatic heterocycles. The number of carbonyl (C=O) groups is 2. The summed E-state index contributed by atoms with van der Waals surface area (Å²) in [5, 5.41) is 9.09. The molecule has 114 valence electrons. The number of carboxylic acid groups (broad SMARTS) is 1. The maximum atomic E-state index is 12.1. The highest BCUT2D eigenvalue weighted by molar-refractivity contribution is 6.02. The zero-order chi connectivity index (χ0) is 15.9. The molecule has 0 aliphatic carbocycles. The molecule has 0 fully saturated rings. The first-order valence-electron chi connectivity index (χ1n) is 6.73. The van der Waals surface area contributed by atoms with Crippen molar-refractivity contribution in [3.63, 3.8) is 0 Å². The molecule has 2 N–H and O–H groups in total. The van der Waals surface area contributed by atoms with Crippen LogP contribution in [0.15, 0.2) is 49.3 Å². The largest absolute Gasteiger partial charge is 0.478 e. The van der Waals surface area contributed by atoms with Crippen LogP contribution in [0.2, 0.25) is 0 Å². The van der Waals surface area contributed by atoms with Crippen LogP contribution >= 0.6 is 0 Å². The van der Waals surface area contributed by atoms with E-state index in [0.717, 1.165) is 0 Å². The maximum absolute atomic E-state index is 12.1. The van der Waals surface area contributed by atoms with E-state index in [1.54, 1.807) is 30.6 Å². The van der Waals surface area contributed by atoms with Crippen molar-refractivity contribution in [3.05, 3.63) is 66.3 Å². The van der Waals surface area contributed by atoms with Crippen LogP contribution in [0.1, 0.15) is 38.9 Å². The van der Waals surface area contributed by atoms with Crippen molar-refractivity contribution in [1.29, 1.82) is 0 Å². The lowest BCUT2D eigenvalue weighted by Crippen LogP contribution is -2.16. The highest BCUT2D eigenvalue weighted by Gasteiger charge is 2.20. The number of aromatic amines is 1. The molecule has 1 heterocycles. The molecule has 0 saturated heterocycles. The summed E-state index contributed by atoms with van der Waals surface area (Å²) in [6.07, 6.45) is 5.60. The molecule has 1 atom stereocenters. The van der Waals surface area contributed by atoms with Gasteiger partial charge < -0.3 is 14.8 Å². The molecule has 0 bridgehead atoms. The van der Waals surface area contributed by atoms with E-state index < -0.39 is 11.9 Å². The van der Waals surface area contributed by atoms with E-state index in [0.29, 0.717) is 12.2 Å². The van der Waals surface area contributed by atoms with Gasteiger partial charge in [-0.1, -0.05) is 18.2 Å². The van der Waals surface area contributed by atoms with Crippen LogP contribution in [-0.4, -0.2) is 33.6 Å². The molecule has 0 spiro atoms. The van der Waals surface area contributed by atoms with Crippen LogP contribution in [0.4, 0.5) is 0 Å². The molecule has 0 amide bonds. The number of hydrogen-bond donors (Lipinski definition) is 2. The Balaban J connectivity index is 2.09. The van der Waals surface area contributed by atoms with Gasteiger partial charge in [0.25, 0.3) is 0 Å². The molecule has 0 radical (unpaired) electrons. The molecule has 6 heteroatoms. The van der Waals surface area contributed by atoms with Gasteiger partial charge in [-0.25, -0.2) is 14.6 Å². The minimum absolute atomic E-state index is 0.0341. The zero-order valence-corrected chi connectivity index (χ0v) is 11.9. The fourth-order valence-electron chi connectivity index (χ4n) is 2.06. The van der Waals surface area contributed by atoms with E-state index in [4.69, 9.17) is 9.84 Å². The van der Waals surface area contributed by atoms with E-state index >= 15 is 0 Å². The first kappa shape index (κ1) is 15.5. The number of carboxylic acids is 1. The molecule has 1 unspecified atom stereocenters. The Morgan fingerprint density at radius 2 is 2.09 bits per heavy atom. The number of hydrogen-bond acceptors (Lipinski definition) is 4. The Labute approximate surface area is 127 Å². The molecule has 0 saturated carbocycles. The quantitative estimate of drug-likeness (QED) is 0.605. The number of ether oxygens (including phenoxy) is 1. The highest BCUT2D eigenvalue weighted by Crippen LogP contribution is 2.18. The molecular weight excluding hydrogens is 284 g/mol. The van der Waals surface area contributed by atoms with Crippen molar-refractivity contribution in [2.24, 2.45) is 0 Å². The van der Waals surface area contributed by atoms with Crippen molar-refractivity contribution in [1.82, 2.24) is 9.97 Å². The fourth-order valence-corrected chi connectivity index (χ4v) is 2.06. The summed E-state index contributed by atoms with van der Waals surface area (Å²) < 4.78 is 5.25. The zero-order valence-electron chi connectivity index (χ0n) is 11.9. The van der Waals surface area contributed by atoms with Crippen LogP contribution in [0, 0.1) is 0 Å². The van der Waals surface area contributed by atoms with E-state index in [1.807, 2.05) is 0 Å². The number of imidazole rings is 1. The molecule has 6 nitrogen and oxygen atoms in total. The SMILES string of the molecule is C=CCC(COC(=O)c1ccccc1C(=O)O)c1ncc[nH]1. The van der Waals surface area contributed by atoms with Crippen molar-refractivity contribution in [2.75, 3.05) is 6.61 Å². The summed E-state index contributed by atoms with van der Waals surface area (Å²) in [6.45, 7) is 3.76. The summed E-state index contributed by atoms with van der Waals surface area (Å²) in [6, 6.07) is 5.95. The number of esters is 1. The van der Waals surface area contributed by atoms with E-state index in [9.17, 15) is 9.59 Å². The van der Waals surface area contributed by atoms with Gasteiger partial charge in [0.15, 0.2) is 0 Å². The second kappa shape index (κ2) is 7.21. The first-order chi connectivity index (χ1) is 10.6. The van der Waals surface area contributed by atoms with Crippen molar-refractivity contribution >= 4 is 11.9 Å². The standard InChI is InChI=1S/C16H16N2O4/c1-2-5-11(14-17-8-9-18-14)10-22-16(21)13-7-4-3-6-12(13)15(19)20/h2-4,6-9,11H,1,5,10H2,(H,17,18)(H,19,20). The van der Waals surface area contributed by atoms with Gasteiger partial charge in [-0.3, -0.25) is 0 Å². The number of aromatic nitrogens is 2. The smallest absolute Gasteiger partial charge is 0.339 e. The lowest BCUT2D eigenvalue weighted by molar-refractivity contribution is 0.0467. The number of benzene rings is 1.